The number of aliphatic hydroxyl groups is 1. The lowest BCUT2D eigenvalue weighted by Gasteiger charge is -2.24. The van der Waals surface area contributed by atoms with Gasteiger partial charge < -0.3 is 24.6 Å². The van der Waals surface area contributed by atoms with Gasteiger partial charge in [0.2, 0.25) is 0 Å². The van der Waals surface area contributed by atoms with Gasteiger partial charge in [0.15, 0.2) is 29.0 Å². The lowest BCUT2D eigenvalue weighted by Crippen LogP contribution is -2.31. The number of anilines is 1. The fourth-order valence-corrected chi connectivity index (χ4v) is 4.44. The fourth-order valence-electron chi connectivity index (χ4n) is 4.44. The Morgan fingerprint density at radius 1 is 1.19 bits per heavy atom. The minimum absolute atomic E-state index is 0.132. The lowest BCUT2D eigenvalue weighted by atomic mass is 10.1. The van der Waals surface area contributed by atoms with E-state index in [0.29, 0.717) is 11.7 Å². The number of aliphatic hydroxyl groups excluding tert-OH is 1. The quantitative estimate of drug-likeness (QED) is 0.830. The third-order valence-corrected chi connectivity index (χ3v) is 5.63. The SMILES string of the molecule is CC1(C)O[C@@H]2[C@@H](CO)OC(n3cnc4c(NC5CCCC5)ncnc43)[C@@H]2O1. The number of ether oxygens (including phenoxy) is 3. The molecule has 4 atom stereocenters. The standard InChI is InChI=1S/C18H25N5O4/c1-18(2)26-13-11(7-24)25-17(14(13)27-18)23-9-21-12-15(19-8-20-16(12)23)22-10-5-3-4-6-10/h8-11,13-14,17,24H,3-7H2,1-2H3,(H,19,20,22)/t11-,13-,14-,17?/m1/s1. The van der Waals surface area contributed by atoms with Crippen LogP contribution in [0, 0.1) is 0 Å². The van der Waals surface area contributed by atoms with Crippen LogP contribution in [0.3, 0.4) is 0 Å². The maximum atomic E-state index is 9.69. The summed E-state index contributed by atoms with van der Waals surface area (Å²) < 4.78 is 19.9. The highest BCUT2D eigenvalue weighted by atomic mass is 16.8. The van der Waals surface area contributed by atoms with Crippen molar-refractivity contribution in [3.8, 4) is 0 Å². The maximum absolute atomic E-state index is 9.69. The molecule has 3 aliphatic rings. The second-order valence-electron chi connectivity index (χ2n) is 7.98. The summed E-state index contributed by atoms with van der Waals surface area (Å²) in [6.45, 7) is 3.61. The predicted octanol–water partition coefficient (Wildman–Crippen LogP) is 1.59. The summed E-state index contributed by atoms with van der Waals surface area (Å²) in [7, 11) is 0. The van der Waals surface area contributed by atoms with E-state index in [0.717, 1.165) is 24.2 Å². The Morgan fingerprint density at radius 2 is 1.96 bits per heavy atom. The van der Waals surface area contributed by atoms with E-state index in [2.05, 4.69) is 20.3 Å². The molecule has 2 N–H and O–H groups in total. The van der Waals surface area contributed by atoms with Crippen LogP contribution in [0.1, 0.15) is 45.8 Å². The molecule has 0 aromatic carbocycles. The van der Waals surface area contributed by atoms with Crippen molar-refractivity contribution in [2.24, 2.45) is 0 Å². The Kier molecular flexibility index (Phi) is 4.08. The number of hydrogen-bond donors (Lipinski definition) is 2. The molecule has 1 unspecified atom stereocenters. The van der Waals surface area contributed by atoms with Crippen molar-refractivity contribution in [2.75, 3.05) is 11.9 Å². The highest BCUT2D eigenvalue weighted by Gasteiger charge is 2.56. The van der Waals surface area contributed by atoms with Gasteiger partial charge in [-0.1, -0.05) is 12.8 Å². The largest absolute Gasteiger partial charge is 0.394 e. The molecular weight excluding hydrogens is 350 g/mol. The van der Waals surface area contributed by atoms with Crippen molar-refractivity contribution in [1.82, 2.24) is 19.5 Å². The van der Waals surface area contributed by atoms with Gasteiger partial charge in [-0.15, -0.1) is 0 Å². The van der Waals surface area contributed by atoms with Crippen molar-refractivity contribution in [3.63, 3.8) is 0 Å². The number of nitrogens with zero attached hydrogens (tertiary/aromatic N) is 4. The monoisotopic (exact) mass is 375 g/mol. The summed E-state index contributed by atoms with van der Waals surface area (Å²) in [5.41, 5.74) is 1.40. The fraction of sp³-hybridized carbons (Fsp3) is 0.722. The van der Waals surface area contributed by atoms with E-state index in [1.165, 1.54) is 12.8 Å². The molecule has 0 spiro atoms. The predicted molar refractivity (Wildman–Crippen MR) is 96.0 cm³/mol. The van der Waals surface area contributed by atoms with Crippen molar-refractivity contribution >= 4 is 17.0 Å². The van der Waals surface area contributed by atoms with Gasteiger partial charge in [-0.2, -0.15) is 0 Å². The highest BCUT2D eigenvalue weighted by Crippen LogP contribution is 2.43. The Bertz CT molecular complexity index is 834. The molecule has 2 aromatic rings. The molecule has 2 saturated heterocycles. The van der Waals surface area contributed by atoms with E-state index in [4.69, 9.17) is 14.2 Å². The smallest absolute Gasteiger partial charge is 0.167 e. The molecule has 1 saturated carbocycles. The van der Waals surface area contributed by atoms with E-state index < -0.39 is 18.1 Å². The van der Waals surface area contributed by atoms with Crippen molar-refractivity contribution in [3.05, 3.63) is 12.7 Å². The van der Waals surface area contributed by atoms with Crippen LogP contribution < -0.4 is 5.32 Å². The lowest BCUT2D eigenvalue weighted by molar-refractivity contribution is -0.199. The molecule has 27 heavy (non-hydrogen) atoms. The summed E-state index contributed by atoms with van der Waals surface area (Å²) in [5, 5.41) is 13.2. The number of aromatic nitrogens is 4. The van der Waals surface area contributed by atoms with Crippen LogP contribution in [0.4, 0.5) is 5.82 Å². The molecule has 4 heterocycles. The van der Waals surface area contributed by atoms with Gasteiger partial charge in [-0.3, -0.25) is 4.57 Å². The Hall–Kier alpha value is -1.81. The van der Waals surface area contributed by atoms with E-state index in [1.807, 2.05) is 18.4 Å². The summed E-state index contributed by atoms with van der Waals surface area (Å²) in [6, 6.07) is 0.437. The summed E-state index contributed by atoms with van der Waals surface area (Å²) in [4.78, 5) is 13.4. The van der Waals surface area contributed by atoms with Gasteiger partial charge >= 0.3 is 0 Å². The summed E-state index contributed by atoms with van der Waals surface area (Å²) in [5.74, 6) is 0.0357. The highest BCUT2D eigenvalue weighted by molar-refractivity contribution is 5.82. The van der Waals surface area contributed by atoms with Gasteiger partial charge in [0.25, 0.3) is 0 Å². The first-order valence-electron chi connectivity index (χ1n) is 9.62. The zero-order chi connectivity index (χ0) is 18.6. The number of fused-ring (bicyclic) bond motifs is 2. The average molecular weight is 375 g/mol. The second kappa shape index (κ2) is 6.37. The van der Waals surface area contributed by atoms with Crippen LogP contribution in [0.2, 0.25) is 0 Å². The summed E-state index contributed by atoms with van der Waals surface area (Å²) >= 11 is 0. The minimum atomic E-state index is -0.717. The van der Waals surface area contributed by atoms with Crippen LogP contribution in [-0.4, -0.2) is 61.4 Å². The molecular formula is C18H25N5O4. The van der Waals surface area contributed by atoms with E-state index in [-0.39, 0.29) is 18.8 Å². The van der Waals surface area contributed by atoms with Crippen LogP contribution in [0.5, 0.6) is 0 Å². The normalized spacial score (nSPS) is 33.0. The first-order chi connectivity index (χ1) is 13.1. The Labute approximate surface area is 157 Å². The van der Waals surface area contributed by atoms with E-state index in [1.54, 1.807) is 12.7 Å². The molecule has 5 rings (SSSR count). The molecule has 146 valence electrons. The van der Waals surface area contributed by atoms with Crippen LogP contribution in [-0.2, 0) is 14.2 Å². The zero-order valence-corrected chi connectivity index (χ0v) is 15.5. The molecule has 0 amide bonds. The third kappa shape index (κ3) is 2.89. The van der Waals surface area contributed by atoms with Crippen LogP contribution in [0.25, 0.3) is 11.2 Å². The molecule has 0 bridgehead atoms. The Balaban J connectivity index is 1.48. The number of imidazole rings is 1. The average Bonchev–Trinajstić information content (AvgIpc) is 3.38. The molecule has 2 aromatic heterocycles. The topological polar surface area (TPSA) is 104 Å². The van der Waals surface area contributed by atoms with Gasteiger partial charge in [0.05, 0.1) is 12.9 Å². The molecule has 9 heteroatoms. The third-order valence-electron chi connectivity index (χ3n) is 5.63. The van der Waals surface area contributed by atoms with Crippen molar-refractivity contribution < 1.29 is 19.3 Å². The van der Waals surface area contributed by atoms with Gasteiger partial charge in [-0.25, -0.2) is 15.0 Å². The van der Waals surface area contributed by atoms with Crippen molar-refractivity contribution in [1.29, 1.82) is 0 Å². The zero-order valence-electron chi connectivity index (χ0n) is 15.5. The van der Waals surface area contributed by atoms with E-state index in [9.17, 15) is 5.11 Å². The van der Waals surface area contributed by atoms with Gasteiger partial charge in [0, 0.05) is 6.04 Å². The molecule has 3 fully saturated rings. The molecule has 1 aliphatic carbocycles. The number of hydrogen-bond acceptors (Lipinski definition) is 8. The van der Waals surface area contributed by atoms with Crippen LogP contribution >= 0.6 is 0 Å². The van der Waals surface area contributed by atoms with Gasteiger partial charge in [0.1, 0.15) is 24.6 Å². The van der Waals surface area contributed by atoms with Crippen molar-refractivity contribution in [2.45, 2.75) is 75.9 Å². The molecule has 2 aliphatic heterocycles. The summed E-state index contributed by atoms with van der Waals surface area (Å²) in [6.07, 6.45) is 6.47. The number of rotatable bonds is 4. The maximum Gasteiger partial charge on any atom is 0.167 e. The van der Waals surface area contributed by atoms with E-state index >= 15 is 0 Å². The van der Waals surface area contributed by atoms with Gasteiger partial charge in [-0.05, 0) is 26.7 Å². The first-order valence-corrected chi connectivity index (χ1v) is 9.62. The molecule has 9 nitrogen and oxygen atoms in total. The van der Waals surface area contributed by atoms with Crippen LogP contribution in [0.15, 0.2) is 12.7 Å². The number of nitrogens with one attached hydrogen (secondary N) is 1. The Morgan fingerprint density at radius 3 is 2.74 bits per heavy atom. The molecule has 0 radical (unpaired) electrons. The minimum Gasteiger partial charge on any atom is -0.394 e. The first kappa shape index (κ1) is 17.3. The second-order valence-corrected chi connectivity index (χ2v) is 7.98.